The summed E-state index contributed by atoms with van der Waals surface area (Å²) in [7, 11) is 0. The van der Waals surface area contributed by atoms with E-state index in [2.05, 4.69) is 4.99 Å². The molecule has 1 amide bonds. The van der Waals surface area contributed by atoms with Crippen LogP contribution in [-0.4, -0.2) is 11.7 Å². The van der Waals surface area contributed by atoms with E-state index in [9.17, 15) is 4.79 Å². The van der Waals surface area contributed by atoms with E-state index in [4.69, 9.17) is 34.8 Å². The minimum atomic E-state index is -0.289. The Bertz CT molecular complexity index is 1120. The van der Waals surface area contributed by atoms with Crippen LogP contribution in [0, 0.1) is 0 Å². The molecule has 1 heterocycles. The molecule has 0 radical (unpaired) electrons. The predicted octanol–water partition coefficient (Wildman–Crippen LogP) is 6.48. The van der Waals surface area contributed by atoms with Crippen LogP contribution in [0.5, 0.6) is 0 Å². The summed E-state index contributed by atoms with van der Waals surface area (Å²) in [6.45, 7) is 0. The third kappa shape index (κ3) is 3.57. The average molecular weight is 428 g/mol. The van der Waals surface area contributed by atoms with Gasteiger partial charge in [0, 0.05) is 10.6 Å². The van der Waals surface area contributed by atoms with Crippen LogP contribution < -0.4 is 4.90 Å². The number of rotatable bonds is 3. The van der Waals surface area contributed by atoms with Crippen LogP contribution in [0.4, 0.5) is 5.69 Å². The van der Waals surface area contributed by atoms with Gasteiger partial charge >= 0.3 is 0 Å². The Morgan fingerprint density at radius 2 is 1.61 bits per heavy atom. The largest absolute Gasteiger partial charge is 0.282 e. The van der Waals surface area contributed by atoms with Gasteiger partial charge in [0.1, 0.15) is 11.5 Å². The summed E-state index contributed by atoms with van der Waals surface area (Å²) >= 11 is 18.6. The second kappa shape index (κ2) is 7.80. The molecular formula is C22H13Cl3N2O. The Balaban J connectivity index is 1.87. The Labute approximate surface area is 177 Å². The van der Waals surface area contributed by atoms with E-state index in [1.165, 1.54) is 4.90 Å². The molecule has 3 nitrogen and oxygen atoms in total. The van der Waals surface area contributed by atoms with Gasteiger partial charge in [-0.05, 0) is 35.9 Å². The summed E-state index contributed by atoms with van der Waals surface area (Å²) in [6.07, 6.45) is 1.70. The molecule has 4 rings (SSSR count). The van der Waals surface area contributed by atoms with Crippen molar-refractivity contribution in [1.29, 1.82) is 0 Å². The summed E-state index contributed by atoms with van der Waals surface area (Å²) < 4.78 is 0. The first-order valence-corrected chi connectivity index (χ1v) is 9.58. The van der Waals surface area contributed by atoms with Crippen LogP contribution in [0.3, 0.4) is 0 Å². The molecule has 3 aromatic rings. The van der Waals surface area contributed by atoms with E-state index in [0.29, 0.717) is 26.6 Å². The molecule has 0 aliphatic carbocycles. The molecule has 28 heavy (non-hydrogen) atoms. The van der Waals surface area contributed by atoms with Gasteiger partial charge in [-0.3, -0.25) is 9.69 Å². The van der Waals surface area contributed by atoms with Gasteiger partial charge in [-0.25, -0.2) is 4.99 Å². The highest BCUT2D eigenvalue weighted by Gasteiger charge is 2.34. The maximum absolute atomic E-state index is 13.3. The molecule has 0 aromatic heterocycles. The number of halogens is 3. The minimum Gasteiger partial charge on any atom is -0.266 e. The Morgan fingerprint density at radius 1 is 0.857 bits per heavy atom. The van der Waals surface area contributed by atoms with Crippen LogP contribution in [0.1, 0.15) is 11.1 Å². The zero-order valence-electron chi connectivity index (χ0n) is 14.4. The lowest BCUT2D eigenvalue weighted by atomic mass is 10.1. The number of hydrogen-bond donors (Lipinski definition) is 0. The van der Waals surface area contributed by atoms with Crippen molar-refractivity contribution in [3.63, 3.8) is 0 Å². The van der Waals surface area contributed by atoms with Crippen molar-refractivity contribution < 1.29 is 4.79 Å². The molecule has 0 N–H and O–H groups in total. The number of nitrogens with zero attached hydrogens (tertiary/aromatic N) is 2. The van der Waals surface area contributed by atoms with Gasteiger partial charge in [-0.2, -0.15) is 0 Å². The van der Waals surface area contributed by atoms with Gasteiger partial charge in [0.2, 0.25) is 0 Å². The number of aliphatic imine (C=N–C) groups is 1. The van der Waals surface area contributed by atoms with E-state index in [-0.39, 0.29) is 11.6 Å². The molecule has 0 spiro atoms. The van der Waals surface area contributed by atoms with Crippen molar-refractivity contribution in [2.24, 2.45) is 4.99 Å². The van der Waals surface area contributed by atoms with Gasteiger partial charge in [-0.1, -0.05) is 83.3 Å². The quantitative estimate of drug-likeness (QED) is 0.440. The van der Waals surface area contributed by atoms with Crippen molar-refractivity contribution in [3.05, 3.63) is 105 Å². The number of benzene rings is 3. The van der Waals surface area contributed by atoms with Crippen molar-refractivity contribution in [3.8, 4) is 0 Å². The maximum atomic E-state index is 13.3. The van der Waals surface area contributed by atoms with Gasteiger partial charge < -0.3 is 0 Å². The van der Waals surface area contributed by atoms with E-state index < -0.39 is 0 Å². The fourth-order valence-electron chi connectivity index (χ4n) is 2.94. The molecule has 0 saturated heterocycles. The maximum Gasteiger partial charge on any atom is 0.282 e. The normalized spacial score (nSPS) is 15.2. The van der Waals surface area contributed by atoms with Gasteiger partial charge in [0.05, 0.1) is 15.7 Å². The zero-order chi connectivity index (χ0) is 19.7. The first-order chi connectivity index (χ1) is 13.5. The lowest BCUT2D eigenvalue weighted by molar-refractivity contribution is -0.113. The Morgan fingerprint density at radius 3 is 2.36 bits per heavy atom. The lowest BCUT2D eigenvalue weighted by Gasteiger charge is -2.20. The molecule has 0 unspecified atom stereocenters. The number of hydrogen-bond acceptors (Lipinski definition) is 2. The summed E-state index contributed by atoms with van der Waals surface area (Å²) in [6, 6.07) is 21.9. The second-order valence-corrected chi connectivity index (χ2v) is 7.32. The smallest absolute Gasteiger partial charge is 0.266 e. The molecule has 0 bridgehead atoms. The third-order valence-electron chi connectivity index (χ3n) is 4.22. The summed E-state index contributed by atoms with van der Waals surface area (Å²) in [5, 5.41) is 1.25. The molecule has 138 valence electrons. The van der Waals surface area contributed by atoms with Crippen LogP contribution in [0.15, 0.2) is 83.5 Å². The SMILES string of the molecule is O=C1C(=Cc2cccc(Cl)c2)N=C(c2ccccc2)N1c1cccc(Cl)c1Cl. The molecule has 6 heteroatoms. The molecule has 0 saturated carbocycles. The molecule has 0 atom stereocenters. The summed E-state index contributed by atoms with van der Waals surface area (Å²) in [5.41, 5.74) is 2.35. The van der Waals surface area contributed by atoms with Gasteiger partial charge in [-0.15, -0.1) is 0 Å². The number of carbonyl (C=O) groups is 1. The Kier molecular flexibility index (Phi) is 5.23. The third-order valence-corrected chi connectivity index (χ3v) is 5.26. The number of amides is 1. The fraction of sp³-hybridized carbons (Fsp3) is 0. The summed E-state index contributed by atoms with van der Waals surface area (Å²) in [5.74, 6) is 0.200. The number of anilines is 1. The minimum absolute atomic E-state index is 0.289. The molecule has 0 fully saturated rings. The zero-order valence-corrected chi connectivity index (χ0v) is 16.7. The molecule has 1 aliphatic rings. The van der Waals surface area contributed by atoms with E-state index in [1.54, 1.807) is 36.4 Å². The number of amidine groups is 1. The molecular weight excluding hydrogens is 415 g/mol. The summed E-state index contributed by atoms with van der Waals surface area (Å²) in [4.78, 5) is 19.3. The van der Waals surface area contributed by atoms with Crippen LogP contribution in [-0.2, 0) is 4.79 Å². The second-order valence-electron chi connectivity index (χ2n) is 6.10. The molecule has 1 aliphatic heterocycles. The highest BCUT2D eigenvalue weighted by Crippen LogP contribution is 2.36. The van der Waals surface area contributed by atoms with Crippen molar-refractivity contribution >= 4 is 58.3 Å². The first kappa shape index (κ1) is 18.8. The average Bonchev–Trinajstić information content (AvgIpc) is 3.01. The Hall–Kier alpha value is -2.59. The van der Waals surface area contributed by atoms with Crippen LogP contribution >= 0.6 is 34.8 Å². The van der Waals surface area contributed by atoms with Crippen molar-refractivity contribution in [1.82, 2.24) is 0 Å². The first-order valence-electron chi connectivity index (χ1n) is 8.44. The van der Waals surface area contributed by atoms with Gasteiger partial charge in [0.15, 0.2) is 0 Å². The predicted molar refractivity (Wildman–Crippen MR) is 116 cm³/mol. The van der Waals surface area contributed by atoms with Gasteiger partial charge in [0.25, 0.3) is 5.91 Å². The van der Waals surface area contributed by atoms with Crippen molar-refractivity contribution in [2.75, 3.05) is 4.90 Å². The fourth-order valence-corrected chi connectivity index (χ4v) is 3.52. The molecule has 3 aromatic carbocycles. The van der Waals surface area contributed by atoms with Crippen LogP contribution in [0.25, 0.3) is 6.08 Å². The lowest BCUT2D eigenvalue weighted by Crippen LogP contribution is -2.32. The topological polar surface area (TPSA) is 32.7 Å². The standard InChI is InChI=1S/C22H13Cl3N2O/c23-16-9-4-6-14(12-16)13-18-22(28)27(19-11-5-10-17(24)20(19)25)21(26-18)15-7-2-1-3-8-15/h1-13H. The highest BCUT2D eigenvalue weighted by atomic mass is 35.5. The van der Waals surface area contributed by atoms with E-state index in [0.717, 1.165) is 11.1 Å². The van der Waals surface area contributed by atoms with E-state index in [1.807, 2.05) is 42.5 Å². The number of carbonyl (C=O) groups excluding carboxylic acids is 1. The highest BCUT2D eigenvalue weighted by molar-refractivity contribution is 6.45. The monoisotopic (exact) mass is 426 g/mol. The van der Waals surface area contributed by atoms with E-state index >= 15 is 0 Å². The van der Waals surface area contributed by atoms with Crippen LogP contribution in [0.2, 0.25) is 15.1 Å². The van der Waals surface area contributed by atoms with Crippen molar-refractivity contribution in [2.45, 2.75) is 0 Å².